The van der Waals surface area contributed by atoms with Crippen molar-refractivity contribution in [3.8, 4) is 16.9 Å². The van der Waals surface area contributed by atoms with E-state index < -0.39 is 0 Å². The molecule has 5 heteroatoms. The van der Waals surface area contributed by atoms with Crippen LogP contribution in [-0.4, -0.2) is 23.7 Å². The first-order chi connectivity index (χ1) is 17.0. The average molecular weight is 484 g/mol. The van der Waals surface area contributed by atoms with E-state index in [1.807, 2.05) is 43.3 Å². The van der Waals surface area contributed by atoms with E-state index in [0.717, 1.165) is 49.8 Å². The standard InChI is InChI=1S/C30H45NO4/c1-4-6-7-8-9-10-11-15-23-34-28(16-5-2)21-19-25(3)35-30-22-20-27(24-29(30)31(32)33)26-17-13-12-14-18-26/h12-14,17-18,20,22,24-25,28H,4-11,15-16,19,21,23H2,1-3H3/t25-,28-/m1/s1. The molecule has 0 radical (unpaired) electrons. The highest BCUT2D eigenvalue weighted by Gasteiger charge is 2.19. The number of hydrogen-bond acceptors (Lipinski definition) is 4. The Hall–Kier alpha value is -2.40. The number of ether oxygens (including phenoxy) is 2. The topological polar surface area (TPSA) is 61.6 Å². The number of unbranched alkanes of at least 4 members (excludes halogenated alkanes) is 7. The van der Waals surface area contributed by atoms with Crippen molar-refractivity contribution in [2.75, 3.05) is 6.61 Å². The van der Waals surface area contributed by atoms with Crippen molar-refractivity contribution in [3.63, 3.8) is 0 Å². The minimum absolute atomic E-state index is 0.00857. The van der Waals surface area contributed by atoms with Crippen LogP contribution < -0.4 is 4.74 Å². The predicted molar refractivity (Wildman–Crippen MR) is 145 cm³/mol. The van der Waals surface area contributed by atoms with Crippen LogP contribution in [0.25, 0.3) is 11.1 Å². The van der Waals surface area contributed by atoms with Gasteiger partial charge < -0.3 is 9.47 Å². The lowest BCUT2D eigenvalue weighted by atomic mass is 10.0. The van der Waals surface area contributed by atoms with Gasteiger partial charge in [-0.15, -0.1) is 0 Å². The van der Waals surface area contributed by atoms with Crippen molar-refractivity contribution in [1.82, 2.24) is 0 Å². The Kier molecular flexibility index (Phi) is 14.1. The van der Waals surface area contributed by atoms with E-state index >= 15 is 0 Å². The minimum atomic E-state index is -0.360. The Morgan fingerprint density at radius 2 is 1.49 bits per heavy atom. The summed E-state index contributed by atoms with van der Waals surface area (Å²) < 4.78 is 12.2. The zero-order valence-electron chi connectivity index (χ0n) is 22.0. The van der Waals surface area contributed by atoms with Gasteiger partial charge in [0.2, 0.25) is 0 Å². The summed E-state index contributed by atoms with van der Waals surface area (Å²) >= 11 is 0. The van der Waals surface area contributed by atoms with Crippen LogP contribution in [0.3, 0.4) is 0 Å². The maximum atomic E-state index is 11.7. The highest BCUT2D eigenvalue weighted by atomic mass is 16.6. The van der Waals surface area contributed by atoms with Crippen LogP contribution >= 0.6 is 0 Å². The molecule has 0 aliphatic carbocycles. The van der Waals surface area contributed by atoms with Gasteiger partial charge in [0.15, 0.2) is 5.75 Å². The molecular weight excluding hydrogens is 438 g/mol. The van der Waals surface area contributed by atoms with Crippen molar-refractivity contribution >= 4 is 5.69 Å². The third kappa shape index (κ3) is 11.3. The smallest absolute Gasteiger partial charge is 0.311 e. The molecule has 0 unspecified atom stereocenters. The molecule has 2 aromatic carbocycles. The highest BCUT2D eigenvalue weighted by molar-refractivity contribution is 5.68. The molecule has 0 aliphatic rings. The van der Waals surface area contributed by atoms with E-state index in [0.29, 0.717) is 5.75 Å². The lowest BCUT2D eigenvalue weighted by molar-refractivity contribution is -0.386. The normalized spacial score (nSPS) is 12.9. The van der Waals surface area contributed by atoms with E-state index in [4.69, 9.17) is 9.47 Å². The number of nitro benzene ring substituents is 1. The highest BCUT2D eigenvalue weighted by Crippen LogP contribution is 2.33. The van der Waals surface area contributed by atoms with Crippen LogP contribution in [0.5, 0.6) is 5.75 Å². The number of hydrogen-bond donors (Lipinski definition) is 0. The quantitative estimate of drug-likeness (QED) is 0.113. The predicted octanol–water partition coefficient (Wildman–Crippen LogP) is 9.14. The minimum Gasteiger partial charge on any atom is -0.484 e. The fraction of sp³-hybridized carbons (Fsp3) is 0.600. The second kappa shape index (κ2) is 17.1. The molecule has 0 heterocycles. The maximum Gasteiger partial charge on any atom is 0.311 e. The summed E-state index contributed by atoms with van der Waals surface area (Å²) in [5, 5.41) is 11.7. The largest absolute Gasteiger partial charge is 0.484 e. The molecule has 0 aromatic heterocycles. The van der Waals surface area contributed by atoms with Crippen molar-refractivity contribution < 1.29 is 14.4 Å². The average Bonchev–Trinajstić information content (AvgIpc) is 2.86. The molecule has 0 spiro atoms. The monoisotopic (exact) mass is 483 g/mol. The lowest BCUT2D eigenvalue weighted by Gasteiger charge is -2.20. The Morgan fingerprint density at radius 3 is 2.14 bits per heavy atom. The maximum absolute atomic E-state index is 11.7. The van der Waals surface area contributed by atoms with Crippen LogP contribution in [0.2, 0.25) is 0 Å². The molecule has 35 heavy (non-hydrogen) atoms. The van der Waals surface area contributed by atoms with Gasteiger partial charge in [-0.1, -0.05) is 102 Å². The van der Waals surface area contributed by atoms with Crippen LogP contribution in [-0.2, 0) is 4.74 Å². The summed E-state index contributed by atoms with van der Waals surface area (Å²) in [5.74, 6) is 0.328. The van der Waals surface area contributed by atoms with E-state index in [1.165, 1.54) is 44.9 Å². The van der Waals surface area contributed by atoms with Gasteiger partial charge in [0.1, 0.15) is 0 Å². The molecule has 0 saturated carbocycles. The first-order valence-electron chi connectivity index (χ1n) is 13.7. The van der Waals surface area contributed by atoms with Gasteiger partial charge in [-0.25, -0.2) is 0 Å². The second-order valence-corrected chi connectivity index (χ2v) is 9.57. The molecule has 2 atom stereocenters. The molecule has 2 aromatic rings. The Labute approximate surface area is 212 Å². The van der Waals surface area contributed by atoms with E-state index in [9.17, 15) is 10.1 Å². The Morgan fingerprint density at radius 1 is 0.800 bits per heavy atom. The molecular formula is C30H45NO4. The van der Waals surface area contributed by atoms with Gasteiger partial charge in [0.25, 0.3) is 0 Å². The number of nitrogens with zero attached hydrogens (tertiary/aromatic N) is 1. The summed E-state index contributed by atoms with van der Waals surface area (Å²) in [6.45, 7) is 7.24. The molecule has 0 saturated heterocycles. The first-order valence-corrected chi connectivity index (χ1v) is 13.7. The third-order valence-corrected chi connectivity index (χ3v) is 6.45. The summed E-state index contributed by atoms with van der Waals surface area (Å²) in [5.41, 5.74) is 1.77. The zero-order chi connectivity index (χ0) is 25.3. The number of benzene rings is 2. The summed E-state index contributed by atoms with van der Waals surface area (Å²) in [6, 6.07) is 14.9. The van der Waals surface area contributed by atoms with Crippen LogP contribution in [0.15, 0.2) is 48.5 Å². The molecule has 0 N–H and O–H groups in total. The van der Waals surface area contributed by atoms with E-state index in [2.05, 4.69) is 13.8 Å². The van der Waals surface area contributed by atoms with Crippen LogP contribution in [0.1, 0.15) is 97.8 Å². The van der Waals surface area contributed by atoms with E-state index in [-0.39, 0.29) is 22.8 Å². The fourth-order valence-corrected chi connectivity index (χ4v) is 4.39. The van der Waals surface area contributed by atoms with Crippen molar-refractivity contribution in [2.45, 2.75) is 110 Å². The number of nitro groups is 1. The van der Waals surface area contributed by atoms with Crippen molar-refractivity contribution in [1.29, 1.82) is 0 Å². The van der Waals surface area contributed by atoms with Gasteiger partial charge in [0, 0.05) is 12.7 Å². The molecule has 0 fully saturated rings. The molecule has 0 aliphatic heterocycles. The molecule has 5 nitrogen and oxygen atoms in total. The van der Waals surface area contributed by atoms with Gasteiger partial charge in [-0.3, -0.25) is 10.1 Å². The fourth-order valence-electron chi connectivity index (χ4n) is 4.39. The van der Waals surface area contributed by atoms with Crippen LogP contribution in [0, 0.1) is 10.1 Å². The van der Waals surface area contributed by atoms with Crippen molar-refractivity contribution in [2.24, 2.45) is 0 Å². The van der Waals surface area contributed by atoms with Crippen LogP contribution in [0.4, 0.5) is 5.69 Å². The molecule has 0 bridgehead atoms. The van der Waals surface area contributed by atoms with Crippen molar-refractivity contribution in [3.05, 3.63) is 58.6 Å². The van der Waals surface area contributed by atoms with Gasteiger partial charge in [-0.05, 0) is 49.8 Å². The Bertz CT molecular complexity index is 840. The lowest BCUT2D eigenvalue weighted by Crippen LogP contribution is -2.19. The number of rotatable bonds is 19. The second-order valence-electron chi connectivity index (χ2n) is 9.57. The van der Waals surface area contributed by atoms with Gasteiger partial charge in [-0.2, -0.15) is 0 Å². The zero-order valence-corrected chi connectivity index (χ0v) is 22.0. The van der Waals surface area contributed by atoms with Gasteiger partial charge in [0.05, 0.1) is 17.1 Å². The molecule has 0 amide bonds. The summed E-state index contributed by atoms with van der Waals surface area (Å²) in [7, 11) is 0. The van der Waals surface area contributed by atoms with Gasteiger partial charge >= 0.3 is 5.69 Å². The SMILES string of the molecule is CCCCCCCCCCO[C@H](CCC)CC[C@@H](C)Oc1ccc(-c2ccccc2)cc1[N+](=O)[O-]. The van der Waals surface area contributed by atoms with E-state index in [1.54, 1.807) is 12.1 Å². The first kappa shape index (κ1) is 28.8. The summed E-state index contributed by atoms with van der Waals surface area (Å²) in [4.78, 5) is 11.3. The molecule has 2 rings (SSSR count). The summed E-state index contributed by atoms with van der Waals surface area (Å²) in [6.07, 6.45) is 14.3. The molecule has 194 valence electrons. The third-order valence-electron chi connectivity index (χ3n) is 6.45. The Balaban J connectivity index is 1.79.